The molecule has 5 amide bonds. The smallest absolute Gasteiger partial charge is 0.430 e. The monoisotopic (exact) mass is 884 g/mol. The van der Waals surface area contributed by atoms with Crippen LogP contribution in [0.4, 0.5) is 13.2 Å². The Labute approximate surface area is 349 Å². The number of ether oxygens (including phenoxy) is 10. The molecule has 0 spiro atoms. The fraction of sp³-hybridized carbons (Fsp3) is 0.676. The number of hydrogen-bond acceptors (Lipinski definition) is 17. The predicted molar refractivity (Wildman–Crippen MR) is 198 cm³/mol. The molecule has 1 unspecified atom stereocenters. The molecule has 61 heavy (non-hydrogen) atoms. The molecule has 3 rings (SSSR count). The summed E-state index contributed by atoms with van der Waals surface area (Å²) in [4.78, 5) is 71.7. The zero-order valence-electron chi connectivity index (χ0n) is 33.8. The molecule has 1 saturated heterocycles. The van der Waals surface area contributed by atoms with Gasteiger partial charge in [-0.3, -0.25) is 34.2 Å². The topological polar surface area (TPSA) is 273 Å². The first-order valence-electron chi connectivity index (χ1n) is 19.4. The first kappa shape index (κ1) is 52.8. The van der Waals surface area contributed by atoms with Gasteiger partial charge < -0.3 is 68.3 Å². The van der Waals surface area contributed by atoms with Crippen LogP contribution in [0.1, 0.15) is 33.6 Å². The number of nitrogens with one attached hydrogen (secondary N) is 2. The minimum atomic E-state index is -5.19. The largest absolute Gasteiger partial charge is 0.542 e. The Balaban J connectivity index is 0.00000168. The van der Waals surface area contributed by atoms with E-state index in [9.17, 15) is 37.1 Å². The Hall–Kier alpha value is -4.37. The molecular weight excluding hydrogens is 829 g/mol. The van der Waals surface area contributed by atoms with E-state index in [0.29, 0.717) is 112 Å². The average Bonchev–Trinajstić information content (AvgIpc) is 3.48. The second-order valence-corrected chi connectivity index (χ2v) is 12.4. The lowest BCUT2D eigenvalue weighted by Crippen LogP contribution is -2.54. The normalized spacial score (nSPS) is 15.0. The van der Waals surface area contributed by atoms with E-state index >= 15 is 0 Å². The van der Waals surface area contributed by atoms with Gasteiger partial charge in [0.2, 0.25) is 11.8 Å². The number of piperidine rings is 1. The quantitative estimate of drug-likeness (QED) is 0.0478. The van der Waals surface area contributed by atoms with Gasteiger partial charge in [0.25, 0.3) is 17.7 Å². The van der Waals surface area contributed by atoms with E-state index in [1.807, 2.05) is 0 Å². The van der Waals surface area contributed by atoms with Crippen molar-refractivity contribution in [3.8, 4) is 5.75 Å². The molecule has 346 valence electrons. The molecule has 5 N–H and O–H groups in total. The predicted octanol–water partition coefficient (Wildman–Crippen LogP) is -2.73. The van der Waals surface area contributed by atoms with E-state index in [1.54, 1.807) is 0 Å². The van der Waals surface area contributed by atoms with Gasteiger partial charge >= 0.3 is 6.18 Å². The summed E-state index contributed by atoms with van der Waals surface area (Å²) in [5, 5.41) is 13.6. The fourth-order valence-electron chi connectivity index (χ4n) is 5.02. The number of amides is 5. The van der Waals surface area contributed by atoms with Crippen LogP contribution in [0.5, 0.6) is 5.75 Å². The zero-order chi connectivity index (χ0) is 44.7. The van der Waals surface area contributed by atoms with Gasteiger partial charge in [0, 0.05) is 13.0 Å². The first-order chi connectivity index (χ1) is 29.4. The molecule has 2 heterocycles. The summed E-state index contributed by atoms with van der Waals surface area (Å²) < 4.78 is 85.9. The molecular formula is C37H55F3N4O17. The number of halogens is 3. The van der Waals surface area contributed by atoms with Crippen molar-refractivity contribution < 1.29 is 100 Å². The fourth-order valence-corrected chi connectivity index (χ4v) is 5.02. The third-order valence-electron chi connectivity index (χ3n) is 7.85. The Morgan fingerprint density at radius 1 is 0.705 bits per heavy atom. The summed E-state index contributed by atoms with van der Waals surface area (Å²) in [6.45, 7) is 8.87. The van der Waals surface area contributed by atoms with Crippen molar-refractivity contribution in [3.05, 3.63) is 29.3 Å². The van der Waals surface area contributed by atoms with Crippen LogP contribution in [0, 0.1) is 0 Å². The van der Waals surface area contributed by atoms with Gasteiger partial charge in [-0.2, -0.15) is 13.2 Å². The third kappa shape index (κ3) is 22.3. The molecule has 0 aromatic heterocycles. The lowest BCUT2D eigenvalue weighted by atomic mass is 10.0. The molecule has 1 aromatic carbocycles. The number of benzene rings is 1. The third-order valence-corrected chi connectivity index (χ3v) is 7.85. The number of alkyl halides is 3. The van der Waals surface area contributed by atoms with Gasteiger partial charge in [-0.1, -0.05) is 6.07 Å². The number of imide groups is 2. The summed E-state index contributed by atoms with van der Waals surface area (Å²) >= 11 is 0. The molecule has 21 nitrogen and oxygen atoms in total. The van der Waals surface area contributed by atoms with Gasteiger partial charge in [0.1, 0.15) is 17.8 Å². The number of fused-ring (bicyclic) bond motifs is 1. The van der Waals surface area contributed by atoms with Gasteiger partial charge in [-0.25, -0.2) is 0 Å². The van der Waals surface area contributed by atoms with Crippen molar-refractivity contribution in [2.24, 2.45) is 0 Å². The number of hydrogen-bond donors (Lipinski definition) is 3. The summed E-state index contributed by atoms with van der Waals surface area (Å²) in [6, 6.07) is 3.33. The molecule has 2 aliphatic rings. The van der Waals surface area contributed by atoms with Crippen LogP contribution >= 0.6 is 0 Å². The molecule has 1 atom stereocenters. The Morgan fingerprint density at radius 3 is 1.54 bits per heavy atom. The van der Waals surface area contributed by atoms with Crippen molar-refractivity contribution in [2.45, 2.75) is 25.1 Å². The molecule has 0 bridgehead atoms. The highest BCUT2D eigenvalue weighted by molar-refractivity contribution is 6.24. The van der Waals surface area contributed by atoms with Crippen molar-refractivity contribution in [1.82, 2.24) is 15.5 Å². The summed E-state index contributed by atoms with van der Waals surface area (Å²) in [7, 11) is 0. The van der Waals surface area contributed by atoms with E-state index in [0.717, 1.165) is 11.4 Å². The van der Waals surface area contributed by atoms with Crippen LogP contribution in [-0.2, 0) is 61.8 Å². The Morgan fingerprint density at radius 2 is 1.13 bits per heavy atom. The van der Waals surface area contributed by atoms with Gasteiger partial charge in [0.15, 0.2) is 6.61 Å². The van der Waals surface area contributed by atoms with Crippen LogP contribution in [0.15, 0.2) is 18.2 Å². The number of carboxylic acid groups (broad SMARTS) is 1. The molecule has 1 aromatic rings. The number of carbonyl (C=O) groups is 6. The number of carbonyl (C=O) groups excluding carboxylic acids is 6. The van der Waals surface area contributed by atoms with E-state index in [-0.39, 0.29) is 42.9 Å². The van der Waals surface area contributed by atoms with Crippen LogP contribution in [0.2, 0.25) is 0 Å². The van der Waals surface area contributed by atoms with Crippen LogP contribution in [0.3, 0.4) is 0 Å². The lowest BCUT2D eigenvalue weighted by Gasteiger charge is -2.27. The van der Waals surface area contributed by atoms with E-state index in [2.05, 4.69) is 16.4 Å². The van der Waals surface area contributed by atoms with E-state index in [4.69, 9.17) is 57.3 Å². The lowest BCUT2D eigenvalue weighted by molar-refractivity contribution is -0.374. The van der Waals surface area contributed by atoms with Crippen molar-refractivity contribution in [3.63, 3.8) is 0 Å². The molecule has 24 heteroatoms. The molecule has 0 radical (unpaired) electrons. The molecule has 1 fully saturated rings. The number of quaternary nitrogens is 1. The number of rotatable bonds is 33. The highest BCUT2D eigenvalue weighted by atomic mass is 19.4. The van der Waals surface area contributed by atoms with Crippen LogP contribution < -0.4 is 26.2 Å². The first-order valence-corrected chi connectivity index (χ1v) is 19.4. The molecule has 0 saturated carbocycles. The Kier molecular flexibility index (Phi) is 27.2. The summed E-state index contributed by atoms with van der Waals surface area (Å²) in [5.41, 5.74) is 3.74. The highest BCUT2D eigenvalue weighted by Crippen LogP contribution is 2.33. The SMILES string of the molecule is O=C([O-])C(F)(F)F.[NH3+]CCOCCOCCOCCOCCOCCOCCOCCOCCOCCNC(=O)COc1cccc2c1C(=O)N(C1CCC(=O)NC1=O)C2=O. The summed E-state index contributed by atoms with van der Waals surface area (Å²) in [6.07, 6.45) is -5.15. The maximum absolute atomic E-state index is 13.1. The van der Waals surface area contributed by atoms with Crippen LogP contribution in [0.25, 0.3) is 0 Å². The minimum Gasteiger partial charge on any atom is -0.542 e. The highest BCUT2D eigenvalue weighted by Gasteiger charge is 2.46. The number of carboxylic acids is 1. The van der Waals surface area contributed by atoms with Crippen molar-refractivity contribution in [2.75, 3.05) is 139 Å². The van der Waals surface area contributed by atoms with Gasteiger partial charge in [0.05, 0.1) is 137 Å². The summed E-state index contributed by atoms with van der Waals surface area (Å²) in [5.74, 6) is -5.96. The maximum Gasteiger partial charge on any atom is 0.430 e. The standard InChI is InChI=1S/C35H54N4O15.C2HF3O2/c36-6-8-45-10-12-47-14-16-49-18-20-51-22-24-53-25-23-52-21-19-50-17-15-48-13-11-46-9-7-37-31(41)26-54-29-3-1-2-27-32(29)35(44)39(34(27)43)28-4-5-30(40)38-33(28)42;3-2(4,5)1(6)7/h1-3,28H,4-26,36H2,(H,37,41)(H,38,40,42);(H,6,7). The minimum absolute atomic E-state index is 0.0118. The van der Waals surface area contributed by atoms with E-state index in [1.165, 1.54) is 18.2 Å². The number of nitrogens with zero attached hydrogens (tertiary/aromatic N) is 1. The second-order valence-electron chi connectivity index (χ2n) is 12.4. The molecule has 2 aliphatic heterocycles. The van der Waals surface area contributed by atoms with Crippen molar-refractivity contribution in [1.29, 1.82) is 0 Å². The second kappa shape index (κ2) is 31.5. The average molecular weight is 885 g/mol. The van der Waals surface area contributed by atoms with E-state index < -0.39 is 54.3 Å². The maximum atomic E-state index is 13.1. The number of aliphatic carboxylic acids is 1. The zero-order valence-corrected chi connectivity index (χ0v) is 33.8. The van der Waals surface area contributed by atoms with Crippen LogP contribution in [-0.4, -0.2) is 191 Å². The Bertz CT molecular complexity index is 1490. The van der Waals surface area contributed by atoms with Gasteiger partial charge in [-0.15, -0.1) is 0 Å². The molecule has 0 aliphatic carbocycles. The van der Waals surface area contributed by atoms with Crippen molar-refractivity contribution >= 4 is 35.5 Å². The van der Waals surface area contributed by atoms with Gasteiger partial charge in [-0.05, 0) is 18.6 Å².